The van der Waals surface area contributed by atoms with Crippen molar-refractivity contribution in [2.75, 3.05) is 50.4 Å². The minimum absolute atomic E-state index is 0.000644. The molecule has 3 fully saturated rings. The molecular weight excluding hydrogens is 880 g/mol. The monoisotopic (exact) mass is 926 g/mol. The number of nitrogens with two attached hydrogens (primary N) is 1. The first-order chi connectivity index (χ1) is 32.9. The SMILES string of the molecule is Nc1ncc(-c2cnn(C3CCN(CC4CCN(C(=O)COc5cccc6c5C(=O)N(C5CCC(=O)NC5=O)C6=O)CC4)CC3)c2)nc1C(=O)O[C@@H](C(=O)Nc1ccc(F)cc1)c1ccccc1. The summed E-state index contributed by atoms with van der Waals surface area (Å²) in [6.07, 6.45) is 6.94. The van der Waals surface area contributed by atoms with Crippen molar-refractivity contribution in [3.63, 3.8) is 0 Å². The summed E-state index contributed by atoms with van der Waals surface area (Å²) in [7, 11) is 0. The highest BCUT2D eigenvalue weighted by molar-refractivity contribution is 6.24. The number of rotatable bonds is 13. The maximum absolute atomic E-state index is 13.6. The van der Waals surface area contributed by atoms with Gasteiger partial charge in [-0.3, -0.25) is 43.7 Å². The van der Waals surface area contributed by atoms with Crippen LogP contribution in [0.25, 0.3) is 11.3 Å². The molecule has 2 atom stereocenters. The van der Waals surface area contributed by atoms with Crippen LogP contribution in [0.5, 0.6) is 5.75 Å². The number of anilines is 2. The zero-order valence-electron chi connectivity index (χ0n) is 36.7. The van der Waals surface area contributed by atoms with Gasteiger partial charge >= 0.3 is 5.97 Å². The van der Waals surface area contributed by atoms with E-state index in [1.165, 1.54) is 42.6 Å². The Balaban J connectivity index is 0.744. The fraction of sp³-hybridized carbons (Fsp3) is 0.333. The van der Waals surface area contributed by atoms with Gasteiger partial charge in [-0.2, -0.15) is 5.10 Å². The zero-order chi connectivity index (χ0) is 47.5. The van der Waals surface area contributed by atoms with Crippen LogP contribution in [0.4, 0.5) is 15.9 Å². The molecule has 4 aliphatic heterocycles. The van der Waals surface area contributed by atoms with Gasteiger partial charge in [0.25, 0.3) is 23.6 Å². The molecule has 0 saturated carbocycles. The summed E-state index contributed by atoms with van der Waals surface area (Å²) < 4.78 is 26.9. The van der Waals surface area contributed by atoms with E-state index in [-0.39, 0.29) is 59.8 Å². The lowest BCUT2D eigenvalue weighted by Gasteiger charge is -2.37. The summed E-state index contributed by atoms with van der Waals surface area (Å²) in [5, 5.41) is 9.46. The standard InChI is InChI=1S/C48H47FN10O9/c49-31-9-11-32(12-10-31)53-45(63)42(29-5-2-1-3-6-29)68-48(66)41-43(50)51-24-35(54-41)30-23-52-58(26-30)33-17-19-56(20-18-33)25-28-15-21-57(22-16-28)39(61)27-67-37-8-4-7-34-40(37)47(65)59(46(34)64)36-13-14-38(60)55-44(36)62/h1-12,23-24,26,28,33,36,42H,13-22,25,27H2,(H2,50,51)(H,53,63)(H,55,60,62)/t36?,42-/m1/s1. The fourth-order valence-corrected chi connectivity index (χ4v) is 9.09. The first kappa shape index (κ1) is 45.3. The first-order valence-corrected chi connectivity index (χ1v) is 22.4. The number of hydrogen-bond acceptors (Lipinski definition) is 14. The van der Waals surface area contributed by atoms with Gasteiger partial charge < -0.3 is 30.3 Å². The van der Waals surface area contributed by atoms with Crippen LogP contribution in [-0.2, 0) is 23.9 Å². The topological polar surface area (TPSA) is 241 Å². The number of imide groups is 2. The molecule has 0 radical (unpaired) electrons. The molecule has 0 bridgehead atoms. The van der Waals surface area contributed by atoms with Gasteiger partial charge in [-0.15, -0.1) is 0 Å². The number of benzene rings is 3. The highest BCUT2D eigenvalue weighted by atomic mass is 19.1. The van der Waals surface area contributed by atoms with Crippen LogP contribution >= 0.6 is 0 Å². The van der Waals surface area contributed by atoms with Crippen LogP contribution in [-0.4, -0.2) is 121 Å². The summed E-state index contributed by atoms with van der Waals surface area (Å²) in [5.41, 5.74) is 7.58. The summed E-state index contributed by atoms with van der Waals surface area (Å²) in [6.45, 7) is 3.39. The molecule has 5 aromatic rings. The molecule has 0 spiro atoms. The Morgan fingerprint density at radius 2 is 1.62 bits per heavy atom. The van der Waals surface area contributed by atoms with Crippen molar-refractivity contribution in [1.29, 1.82) is 0 Å². The number of nitrogens with one attached hydrogen (secondary N) is 2. The third kappa shape index (κ3) is 9.66. The van der Waals surface area contributed by atoms with Crippen LogP contribution < -0.4 is 21.1 Å². The molecular formula is C48H47FN10O9. The van der Waals surface area contributed by atoms with E-state index in [0.29, 0.717) is 41.5 Å². The van der Waals surface area contributed by atoms with Crippen LogP contribution in [0.1, 0.15) is 87.4 Å². The Labute approximate surface area is 388 Å². The van der Waals surface area contributed by atoms with Gasteiger partial charge in [-0.25, -0.2) is 19.2 Å². The predicted octanol–water partition coefficient (Wildman–Crippen LogP) is 3.95. The number of piperidine rings is 3. The summed E-state index contributed by atoms with van der Waals surface area (Å²) in [4.78, 5) is 105. The lowest BCUT2D eigenvalue weighted by molar-refractivity contribution is -0.136. The number of fused-ring (bicyclic) bond motifs is 1. The Morgan fingerprint density at radius 1 is 0.868 bits per heavy atom. The molecule has 6 heterocycles. The highest BCUT2D eigenvalue weighted by Crippen LogP contribution is 2.34. The molecule has 6 amide bonds. The van der Waals surface area contributed by atoms with Crippen molar-refractivity contribution in [3.05, 3.63) is 120 Å². The number of halogens is 1. The number of hydrogen-bond donors (Lipinski definition) is 3. The number of carbonyl (C=O) groups excluding carboxylic acids is 7. The van der Waals surface area contributed by atoms with Gasteiger partial charge in [0.05, 0.1) is 35.3 Å². The largest absolute Gasteiger partial charge is 0.483 e. The normalized spacial score (nSPS) is 18.5. The van der Waals surface area contributed by atoms with Crippen molar-refractivity contribution >= 4 is 52.9 Å². The third-order valence-electron chi connectivity index (χ3n) is 12.8. The van der Waals surface area contributed by atoms with Crippen LogP contribution in [0, 0.1) is 11.7 Å². The van der Waals surface area contributed by atoms with Gasteiger partial charge in [-0.05, 0) is 74.4 Å². The third-order valence-corrected chi connectivity index (χ3v) is 12.8. The van der Waals surface area contributed by atoms with E-state index < -0.39 is 53.5 Å². The number of nitrogens with zero attached hydrogens (tertiary/aromatic N) is 7. The second-order valence-corrected chi connectivity index (χ2v) is 17.2. The average molecular weight is 927 g/mol. The molecule has 3 aromatic carbocycles. The number of esters is 1. The van der Waals surface area contributed by atoms with Gasteiger partial charge in [0.15, 0.2) is 18.1 Å². The summed E-state index contributed by atoms with van der Waals surface area (Å²) in [6, 6.07) is 17.2. The lowest BCUT2D eigenvalue weighted by atomic mass is 9.94. The second-order valence-electron chi connectivity index (χ2n) is 17.2. The van der Waals surface area contributed by atoms with E-state index in [1.54, 1.807) is 47.5 Å². The number of amides is 6. The smallest absolute Gasteiger partial charge is 0.361 e. The molecule has 1 unspecified atom stereocenters. The number of ether oxygens (including phenoxy) is 2. The van der Waals surface area contributed by atoms with Crippen molar-refractivity contribution < 1.29 is 47.4 Å². The Kier molecular flexibility index (Phi) is 13.0. The van der Waals surface area contributed by atoms with Gasteiger partial charge in [0, 0.05) is 62.2 Å². The summed E-state index contributed by atoms with van der Waals surface area (Å²) >= 11 is 0. The summed E-state index contributed by atoms with van der Waals surface area (Å²) in [5.74, 6) is -4.54. The molecule has 9 rings (SSSR count). The van der Waals surface area contributed by atoms with E-state index in [1.807, 2.05) is 10.9 Å². The van der Waals surface area contributed by atoms with E-state index in [2.05, 4.69) is 30.6 Å². The van der Waals surface area contributed by atoms with Gasteiger partial charge in [-0.1, -0.05) is 36.4 Å². The molecule has 19 nitrogen and oxygen atoms in total. The first-order valence-electron chi connectivity index (χ1n) is 22.4. The predicted molar refractivity (Wildman–Crippen MR) is 240 cm³/mol. The zero-order valence-corrected chi connectivity index (χ0v) is 36.7. The maximum atomic E-state index is 13.6. The molecule has 4 aliphatic rings. The number of likely N-dealkylation sites (tertiary alicyclic amines) is 2. The van der Waals surface area contributed by atoms with Crippen LogP contribution in [0.2, 0.25) is 0 Å². The number of nitrogen functional groups attached to an aromatic ring is 1. The molecule has 2 aromatic heterocycles. The van der Waals surface area contributed by atoms with Crippen molar-refractivity contribution in [3.8, 4) is 17.0 Å². The van der Waals surface area contributed by atoms with E-state index in [4.69, 9.17) is 15.2 Å². The van der Waals surface area contributed by atoms with E-state index in [9.17, 15) is 38.0 Å². The minimum atomic E-state index is -1.38. The Hall–Kier alpha value is -7.87. The van der Waals surface area contributed by atoms with Crippen LogP contribution in [0.15, 0.2) is 91.4 Å². The van der Waals surface area contributed by atoms with E-state index in [0.717, 1.165) is 50.2 Å². The Morgan fingerprint density at radius 3 is 2.35 bits per heavy atom. The number of carbonyl (C=O) groups is 7. The molecule has 350 valence electrons. The molecule has 3 saturated heterocycles. The van der Waals surface area contributed by atoms with Gasteiger partial charge in [0.2, 0.25) is 17.9 Å². The molecule has 0 aliphatic carbocycles. The molecule has 68 heavy (non-hydrogen) atoms. The maximum Gasteiger partial charge on any atom is 0.361 e. The second kappa shape index (κ2) is 19.5. The Bertz CT molecular complexity index is 2770. The minimum Gasteiger partial charge on any atom is -0.483 e. The quantitative estimate of drug-likeness (QED) is 0.112. The van der Waals surface area contributed by atoms with Crippen molar-refractivity contribution in [1.82, 2.24) is 39.8 Å². The molecule has 4 N–H and O–H groups in total. The number of aromatic nitrogens is 4. The van der Waals surface area contributed by atoms with Crippen molar-refractivity contribution in [2.45, 2.75) is 56.7 Å². The average Bonchev–Trinajstić information content (AvgIpc) is 3.94. The van der Waals surface area contributed by atoms with Gasteiger partial charge in [0.1, 0.15) is 17.6 Å². The van der Waals surface area contributed by atoms with E-state index >= 15 is 0 Å². The fourth-order valence-electron chi connectivity index (χ4n) is 9.09. The van der Waals surface area contributed by atoms with Crippen LogP contribution in [0.3, 0.4) is 0 Å². The molecule has 20 heteroatoms. The van der Waals surface area contributed by atoms with Crippen molar-refractivity contribution in [2.24, 2.45) is 5.92 Å². The lowest BCUT2D eigenvalue weighted by Crippen LogP contribution is -2.54. The highest BCUT2D eigenvalue weighted by Gasteiger charge is 2.46.